The topological polar surface area (TPSA) is 84.9 Å². The normalized spacial score (nSPS) is 12.3. The minimum atomic E-state index is -3.92. The highest BCUT2D eigenvalue weighted by Crippen LogP contribution is 2.25. The number of nitrogens with one attached hydrogen (secondary N) is 1. The molecule has 0 bridgehead atoms. The number of benzene rings is 2. The molecule has 0 radical (unpaired) electrons. The third-order valence-electron chi connectivity index (χ3n) is 3.80. The van der Waals surface area contributed by atoms with E-state index in [0.29, 0.717) is 18.0 Å². The van der Waals surface area contributed by atoms with Crippen LogP contribution < -0.4 is 14.4 Å². The number of carbonyl (C=O) groups excluding carboxylic acids is 1. The molecule has 2 rings (SSSR count). The number of amides is 1. The predicted octanol–water partition coefficient (Wildman–Crippen LogP) is 2.04. The summed E-state index contributed by atoms with van der Waals surface area (Å²) in [5.74, 6) is 0.170. The van der Waals surface area contributed by atoms with Crippen LogP contribution in [0.2, 0.25) is 0 Å². The van der Waals surface area contributed by atoms with E-state index >= 15 is 0 Å². The van der Waals surface area contributed by atoms with E-state index < -0.39 is 15.9 Å². The van der Waals surface area contributed by atoms with Gasteiger partial charge in [-0.05, 0) is 43.3 Å². The van der Waals surface area contributed by atoms with Crippen LogP contribution in [-0.2, 0) is 19.6 Å². The van der Waals surface area contributed by atoms with Gasteiger partial charge in [0.1, 0.15) is 12.3 Å². The maximum absolute atomic E-state index is 13.1. The lowest BCUT2D eigenvalue weighted by atomic mass is 10.3. The summed E-state index contributed by atoms with van der Waals surface area (Å²) in [5, 5.41) is 2.73. The lowest BCUT2D eigenvalue weighted by Crippen LogP contribution is -2.44. The van der Waals surface area contributed by atoms with Crippen LogP contribution in [0.15, 0.2) is 59.5 Å². The number of carbonyl (C=O) groups is 1. The maximum Gasteiger partial charge on any atom is 0.264 e. The molecule has 2 aromatic rings. The molecule has 1 amide bonds. The summed E-state index contributed by atoms with van der Waals surface area (Å²) in [5.41, 5.74) is 0.370. The number of ether oxygens (including phenoxy) is 2. The molecule has 0 heterocycles. The van der Waals surface area contributed by atoms with E-state index in [1.165, 1.54) is 26.4 Å². The standard InChI is InChI=1S/C19H24N2O5S/c1-15(14-25-2)20-19(22)13-21(16-9-11-17(26-3)12-10-16)27(23,24)18-7-5-4-6-8-18/h4-12,15H,13-14H2,1-3H3,(H,20,22)/t15-/m0/s1. The van der Waals surface area contributed by atoms with Gasteiger partial charge in [0.25, 0.3) is 10.0 Å². The highest BCUT2D eigenvalue weighted by Gasteiger charge is 2.27. The SMILES string of the molecule is COC[C@H](C)NC(=O)CN(c1ccc(OC)cc1)S(=O)(=O)c1ccccc1. The van der Waals surface area contributed by atoms with Gasteiger partial charge in [-0.2, -0.15) is 0 Å². The second-order valence-corrected chi connectivity index (χ2v) is 7.81. The Kier molecular flexibility index (Phi) is 7.20. The van der Waals surface area contributed by atoms with Crippen molar-refractivity contribution in [1.82, 2.24) is 5.32 Å². The minimum absolute atomic E-state index is 0.110. The van der Waals surface area contributed by atoms with Gasteiger partial charge in [0.15, 0.2) is 0 Å². The number of hydrogen-bond acceptors (Lipinski definition) is 5. The summed E-state index contributed by atoms with van der Waals surface area (Å²) >= 11 is 0. The van der Waals surface area contributed by atoms with Crippen LogP contribution >= 0.6 is 0 Å². The number of anilines is 1. The molecule has 7 nitrogen and oxygen atoms in total. The van der Waals surface area contributed by atoms with Crippen molar-refractivity contribution in [2.24, 2.45) is 0 Å². The lowest BCUT2D eigenvalue weighted by Gasteiger charge is -2.25. The smallest absolute Gasteiger partial charge is 0.264 e. The summed E-state index contributed by atoms with van der Waals surface area (Å²) < 4.78 is 37.4. The Bertz CT molecular complexity index is 838. The van der Waals surface area contributed by atoms with Crippen molar-refractivity contribution in [2.75, 3.05) is 31.7 Å². The summed E-state index contributed by atoms with van der Waals surface area (Å²) in [4.78, 5) is 12.5. The van der Waals surface area contributed by atoms with Gasteiger partial charge in [0.05, 0.1) is 24.3 Å². The fourth-order valence-corrected chi connectivity index (χ4v) is 3.97. The summed E-state index contributed by atoms with van der Waals surface area (Å²) in [6.07, 6.45) is 0. The molecule has 0 aliphatic heterocycles. The molecule has 27 heavy (non-hydrogen) atoms. The molecule has 1 atom stereocenters. The van der Waals surface area contributed by atoms with Gasteiger partial charge in [-0.15, -0.1) is 0 Å². The van der Waals surface area contributed by atoms with Crippen LogP contribution in [0.25, 0.3) is 0 Å². The van der Waals surface area contributed by atoms with Gasteiger partial charge < -0.3 is 14.8 Å². The molecule has 0 fully saturated rings. The number of methoxy groups -OCH3 is 2. The van der Waals surface area contributed by atoms with Crippen molar-refractivity contribution in [3.8, 4) is 5.75 Å². The molecule has 1 N–H and O–H groups in total. The van der Waals surface area contributed by atoms with Crippen molar-refractivity contribution in [1.29, 1.82) is 0 Å². The van der Waals surface area contributed by atoms with Crippen LogP contribution in [0.3, 0.4) is 0 Å². The highest BCUT2D eigenvalue weighted by atomic mass is 32.2. The quantitative estimate of drug-likeness (QED) is 0.706. The number of sulfonamides is 1. The molecule has 0 saturated heterocycles. The van der Waals surface area contributed by atoms with Crippen LogP contribution in [0.4, 0.5) is 5.69 Å². The molecule has 8 heteroatoms. The molecule has 0 saturated carbocycles. The van der Waals surface area contributed by atoms with Crippen LogP contribution in [0.1, 0.15) is 6.92 Å². The Morgan fingerprint density at radius 2 is 1.70 bits per heavy atom. The van der Waals surface area contributed by atoms with Gasteiger partial charge in [-0.3, -0.25) is 9.10 Å². The Morgan fingerprint density at radius 1 is 1.07 bits per heavy atom. The molecule has 2 aromatic carbocycles. The fourth-order valence-electron chi connectivity index (χ4n) is 2.53. The predicted molar refractivity (Wildman–Crippen MR) is 103 cm³/mol. The van der Waals surface area contributed by atoms with E-state index in [-0.39, 0.29) is 17.5 Å². The van der Waals surface area contributed by atoms with Crippen molar-refractivity contribution in [3.63, 3.8) is 0 Å². The second-order valence-electron chi connectivity index (χ2n) is 5.95. The zero-order valence-electron chi connectivity index (χ0n) is 15.6. The highest BCUT2D eigenvalue weighted by molar-refractivity contribution is 7.92. The molecule has 0 unspecified atom stereocenters. The fraction of sp³-hybridized carbons (Fsp3) is 0.316. The maximum atomic E-state index is 13.1. The first kappa shape index (κ1) is 20.7. The zero-order valence-corrected chi connectivity index (χ0v) is 16.4. The van der Waals surface area contributed by atoms with Gasteiger partial charge in [-0.25, -0.2) is 8.42 Å². The van der Waals surface area contributed by atoms with E-state index in [1.807, 2.05) is 0 Å². The molecular formula is C19H24N2O5S. The Balaban J connectivity index is 2.35. The largest absolute Gasteiger partial charge is 0.497 e. The van der Waals surface area contributed by atoms with Gasteiger partial charge in [0, 0.05) is 13.2 Å². The summed E-state index contributed by atoms with van der Waals surface area (Å²) in [7, 11) is -0.857. The summed E-state index contributed by atoms with van der Waals surface area (Å²) in [6.45, 7) is 1.77. The number of rotatable bonds is 9. The lowest BCUT2D eigenvalue weighted by molar-refractivity contribution is -0.120. The molecule has 0 aromatic heterocycles. The van der Waals surface area contributed by atoms with Crippen LogP contribution in [-0.4, -0.2) is 47.7 Å². The molecule has 0 aliphatic carbocycles. The first-order chi connectivity index (χ1) is 12.9. The molecule has 0 aliphatic rings. The molecular weight excluding hydrogens is 368 g/mol. The van der Waals surface area contributed by atoms with Gasteiger partial charge in [0.2, 0.25) is 5.91 Å². The van der Waals surface area contributed by atoms with E-state index in [9.17, 15) is 13.2 Å². The molecule has 146 valence electrons. The van der Waals surface area contributed by atoms with Crippen LogP contribution in [0.5, 0.6) is 5.75 Å². The van der Waals surface area contributed by atoms with E-state index in [2.05, 4.69) is 5.32 Å². The third-order valence-corrected chi connectivity index (χ3v) is 5.59. The average molecular weight is 392 g/mol. The monoisotopic (exact) mass is 392 g/mol. The van der Waals surface area contributed by atoms with E-state index in [1.54, 1.807) is 49.4 Å². The Labute approximate surface area is 160 Å². The summed E-state index contributed by atoms with van der Waals surface area (Å²) in [6, 6.07) is 14.3. The van der Waals surface area contributed by atoms with Gasteiger partial charge >= 0.3 is 0 Å². The average Bonchev–Trinajstić information content (AvgIpc) is 2.67. The second kappa shape index (κ2) is 9.38. The van der Waals surface area contributed by atoms with E-state index in [4.69, 9.17) is 9.47 Å². The molecule has 0 spiro atoms. The Morgan fingerprint density at radius 3 is 2.26 bits per heavy atom. The first-order valence-electron chi connectivity index (χ1n) is 8.38. The Hall–Kier alpha value is -2.58. The van der Waals surface area contributed by atoms with Gasteiger partial charge in [-0.1, -0.05) is 18.2 Å². The van der Waals surface area contributed by atoms with Crippen molar-refractivity contribution in [3.05, 3.63) is 54.6 Å². The minimum Gasteiger partial charge on any atom is -0.497 e. The van der Waals surface area contributed by atoms with Crippen LogP contribution in [0, 0.1) is 0 Å². The number of nitrogens with zero attached hydrogens (tertiary/aromatic N) is 1. The first-order valence-corrected chi connectivity index (χ1v) is 9.82. The van der Waals surface area contributed by atoms with Crippen molar-refractivity contribution >= 4 is 21.6 Å². The third kappa shape index (κ3) is 5.45. The van der Waals surface area contributed by atoms with Crippen molar-refractivity contribution in [2.45, 2.75) is 17.9 Å². The van der Waals surface area contributed by atoms with E-state index in [0.717, 1.165) is 4.31 Å². The van der Waals surface area contributed by atoms with Crippen molar-refractivity contribution < 1.29 is 22.7 Å². The number of hydrogen-bond donors (Lipinski definition) is 1. The zero-order chi connectivity index (χ0) is 19.9.